The number of hydrogen-bond acceptors (Lipinski definition) is 5. The summed E-state index contributed by atoms with van der Waals surface area (Å²) in [6, 6.07) is 7.91. The maximum absolute atomic E-state index is 11.7. The van der Waals surface area contributed by atoms with Crippen molar-refractivity contribution < 1.29 is 24.5 Å². The monoisotopic (exact) mass is 365 g/mol. The van der Waals surface area contributed by atoms with Crippen LogP contribution in [0.2, 0.25) is 0 Å². The Morgan fingerprint density at radius 3 is 2.15 bits per heavy atom. The number of carbonyl (C=O) groups excluding carboxylic acids is 1. The van der Waals surface area contributed by atoms with Crippen LogP contribution in [0.1, 0.15) is 38.3 Å². The maximum atomic E-state index is 11.7. The summed E-state index contributed by atoms with van der Waals surface area (Å²) in [6.45, 7) is 5.58. The summed E-state index contributed by atoms with van der Waals surface area (Å²) < 4.78 is 5.08. The van der Waals surface area contributed by atoms with E-state index in [9.17, 15) is 9.59 Å². The second-order valence-corrected chi connectivity index (χ2v) is 6.68. The van der Waals surface area contributed by atoms with Crippen LogP contribution in [-0.4, -0.2) is 47.1 Å². The molecule has 0 saturated heterocycles. The fraction of sp³-hybridized carbons (Fsp3) is 0.500. The van der Waals surface area contributed by atoms with Gasteiger partial charge in [-0.15, -0.1) is 0 Å². The number of nitrogens with one attached hydrogen (secondary N) is 2. The molecule has 8 heteroatoms. The molecule has 0 bridgehead atoms. The Balaban J connectivity index is 2.60. The summed E-state index contributed by atoms with van der Waals surface area (Å²) in [7, 11) is 0. The van der Waals surface area contributed by atoms with E-state index in [0.717, 1.165) is 24.0 Å². The van der Waals surface area contributed by atoms with E-state index in [1.54, 1.807) is 20.8 Å². The predicted octanol–water partition coefficient (Wildman–Crippen LogP) is 2.30. The van der Waals surface area contributed by atoms with E-state index in [4.69, 9.17) is 14.9 Å². The van der Waals surface area contributed by atoms with E-state index in [-0.39, 0.29) is 12.6 Å². The molecule has 0 heterocycles. The molecule has 0 unspecified atom stereocenters. The van der Waals surface area contributed by atoms with Gasteiger partial charge in [-0.05, 0) is 51.2 Å². The van der Waals surface area contributed by atoms with Crippen LogP contribution in [0, 0.1) is 0 Å². The quantitative estimate of drug-likeness (QED) is 0.455. The van der Waals surface area contributed by atoms with Crippen LogP contribution >= 0.6 is 0 Å². The Morgan fingerprint density at radius 2 is 1.65 bits per heavy atom. The number of aliphatic hydroxyl groups excluding tert-OH is 1. The molecule has 26 heavy (non-hydrogen) atoms. The lowest BCUT2D eigenvalue weighted by atomic mass is 10.1. The molecule has 144 valence electrons. The summed E-state index contributed by atoms with van der Waals surface area (Å²) in [5.74, 6) is -0.175. The Labute approximate surface area is 153 Å². The van der Waals surface area contributed by atoms with Gasteiger partial charge in [-0.25, -0.2) is 9.59 Å². The van der Waals surface area contributed by atoms with Crippen molar-refractivity contribution in [3.05, 3.63) is 35.4 Å². The molecule has 0 spiro atoms. The van der Waals surface area contributed by atoms with Gasteiger partial charge in [0, 0.05) is 13.2 Å². The molecule has 2 amide bonds. The third-order valence-electron chi connectivity index (χ3n) is 3.16. The van der Waals surface area contributed by atoms with Gasteiger partial charge in [0.25, 0.3) is 0 Å². The number of guanidine groups is 1. The van der Waals surface area contributed by atoms with Gasteiger partial charge in [0.05, 0.1) is 0 Å². The Kier molecular flexibility index (Phi) is 8.57. The summed E-state index contributed by atoms with van der Waals surface area (Å²) in [5.41, 5.74) is 1.48. The largest absolute Gasteiger partial charge is 0.465 e. The molecule has 1 aromatic carbocycles. The van der Waals surface area contributed by atoms with E-state index >= 15 is 0 Å². The molecular weight excluding hydrogens is 338 g/mol. The van der Waals surface area contributed by atoms with Crippen LogP contribution < -0.4 is 10.6 Å². The number of carbonyl (C=O) groups is 2. The summed E-state index contributed by atoms with van der Waals surface area (Å²) >= 11 is 0. The lowest BCUT2D eigenvalue weighted by Gasteiger charge is -2.20. The molecule has 4 N–H and O–H groups in total. The number of aliphatic imine (C=N–C) groups is 1. The van der Waals surface area contributed by atoms with Crippen LogP contribution in [0.4, 0.5) is 9.59 Å². The molecular formula is C18H27N3O5. The van der Waals surface area contributed by atoms with Gasteiger partial charge >= 0.3 is 12.2 Å². The molecule has 0 aliphatic carbocycles. The van der Waals surface area contributed by atoms with Gasteiger partial charge in [0.1, 0.15) is 5.60 Å². The van der Waals surface area contributed by atoms with Crippen molar-refractivity contribution in [3.8, 4) is 0 Å². The zero-order chi connectivity index (χ0) is 19.6. The van der Waals surface area contributed by atoms with Crippen molar-refractivity contribution in [2.75, 3.05) is 13.2 Å². The van der Waals surface area contributed by atoms with Crippen LogP contribution in [0.15, 0.2) is 29.3 Å². The molecule has 1 rings (SSSR count). The van der Waals surface area contributed by atoms with Crippen LogP contribution in [-0.2, 0) is 17.6 Å². The van der Waals surface area contributed by atoms with Gasteiger partial charge in [-0.3, -0.25) is 15.6 Å². The number of alkyl carbamates (subject to hydrolysis) is 1. The Morgan fingerprint density at radius 1 is 1.08 bits per heavy atom. The normalized spacial score (nSPS) is 11.8. The first-order valence-corrected chi connectivity index (χ1v) is 8.42. The van der Waals surface area contributed by atoms with Crippen LogP contribution in [0.25, 0.3) is 0 Å². The highest BCUT2D eigenvalue weighted by molar-refractivity contribution is 6.00. The highest BCUT2D eigenvalue weighted by atomic mass is 16.6. The average Bonchev–Trinajstić information content (AvgIpc) is 2.51. The minimum absolute atomic E-state index is 0.167. The van der Waals surface area contributed by atoms with Crippen molar-refractivity contribution in [1.29, 1.82) is 0 Å². The Hall–Kier alpha value is -2.61. The first kappa shape index (κ1) is 21.4. The molecule has 0 fully saturated rings. The van der Waals surface area contributed by atoms with Gasteiger partial charge in [0.15, 0.2) is 0 Å². The van der Waals surface area contributed by atoms with Gasteiger partial charge < -0.3 is 14.9 Å². The zero-order valence-corrected chi connectivity index (χ0v) is 15.4. The lowest BCUT2D eigenvalue weighted by molar-refractivity contribution is 0.0561. The fourth-order valence-electron chi connectivity index (χ4n) is 2.06. The molecule has 0 radical (unpaired) electrons. The van der Waals surface area contributed by atoms with Crippen molar-refractivity contribution in [2.24, 2.45) is 4.99 Å². The van der Waals surface area contributed by atoms with Gasteiger partial charge in [-0.1, -0.05) is 24.3 Å². The third kappa shape index (κ3) is 9.63. The second kappa shape index (κ2) is 10.4. The van der Waals surface area contributed by atoms with Crippen LogP contribution in [0.5, 0.6) is 0 Å². The number of carboxylic acid groups (broad SMARTS) is 1. The molecule has 8 nitrogen and oxygen atoms in total. The zero-order valence-electron chi connectivity index (χ0n) is 15.4. The smallest absolute Gasteiger partial charge is 0.414 e. The third-order valence-corrected chi connectivity index (χ3v) is 3.16. The van der Waals surface area contributed by atoms with E-state index < -0.39 is 17.8 Å². The van der Waals surface area contributed by atoms with Crippen molar-refractivity contribution in [1.82, 2.24) is 10.6 Å². The van der Waals surface area contributed by atoms with E-state index in [0.29, 0.717) is 13.0 Å². The molecule has 0 aromatic heterocycles. The van der Waals surface area contributed by atoms with Gasteiger partial charge in [0.2, 0.25) is 5.96 Å². The van der Waals surface area contributed by atoms with E-state index in [1.165, 1.54) is 0 Å². The molecule has 0 aliphatic heterocycles. The number of hydrogen-bond donors (Lipinski definition) is 4. The SMILES string of the molecule is CC(C)(C)OC(=O)NC(=NCCc1ccc(CCCO)cc1)NC(=O)O. The average molecular weight is 365 g/mol. The Bertz CT molecular complexity index is 621. The predicted molar refractivity (Wildman–Crippen MR) is 98.4 cm³/mol. The maximum Gasteiger partial charge on any atom is 0.414 e. The van der Waals surface area contributed by atoms with Crippen molar-refractivity contribution in [3.63, 3.8) is 0 Å². The summed E-state index contributed by atoms with van der Waals surface area (Å²) in [6.07, 6.45) is 0.0263. The fourth-order valence-corrected chi connectivity index (χ4v) is 2.06. The summed E-state index contributed by atoms with van der Waals surface area (Å²) in [4.78, 5) is 26.7. The van der Waals surface area contributed by atoms with Gasteiger partial charge in [-0.2, -0.15) is 0 Å². The number of aryl methyl sites for hydroxylation is 1. The number of ether oxygens (including phenoxy) is 1. The van der Waals surface area contributed by atoms with E-state index in [1.807, 2.05) is 29.6 Å². The highest BCUT2D eigenvalue weighted by Crippen LogP contribution is 2.08. The molecule has 0 aliphatic rings. The topological polar surface area (TPSA) is 120 Å². The minimum Gasteiger partial charge on any atom is -0.465 e. The highest BCUT2D eigenvalue weighted by Gasteiger charge is 2.18. The second-order valence-electron chi connectivity index (χ2n) is 6.68. The number of aliphatic hydroxyl groups is 1. The minimum atomic E-state index is -1.33. The van der Waals surface area contributed by atoms with Crippen LogP contribution in [0.3, 0.4) is 0 Å². The van der Waals surface area contributed by atoms with E-state index in [2.05, 4.69) is 10.3 Å². The number of nitrogens with zero attached hydrogens (tertiary/aromatic N) is 1. The first-order valence-electron chi connectivity index (χ1n) is 8.42. The standard InChI is InChI=1S/C18H27N3O5/c1-18(2,3)26-17(25)21-15(20-16(23)24)19-11-10-14-8-6-13(7-9-14)5-4-12-22/h6-9,22H,4-5,10-12H2,1-3H3,(H,23,24)(H2,19,20,21,25). The number of rotatable bonds is 6. The molecule has 0 saturated carbocycles. The first-order chi connectivity index (χ1) is 12.2. The van der Waals surface area contributed by atoms with Crippen molar-refractivity contribution in [2.45, 2.75) is 45.6 Å². The number of amides is 2. The van der Waals surface area contributed by atoms with Crippen molar-refractivity contribution >= 4 is 18.1 Å². The molecule has 1 aromatic rings. The molecule has 0 atom stereocenters. The number of benzene rings is 1. The lowest BCUT2D eigenvalue weighted by Crippen LogP contribution is -2.45. The summed E-state index contributed by atoms with van der Waals surface area (Å²) in [5, 5.41) is 22.0.